The molecule has 0 aliphatic rings. The van der Waals surface area contributed by atoms with Gasteiger partial charge >= 0.3 is 5.97 Å². The van der Waals surface area contributed by atoms with Crippen LogP contribution < -0.4 is 19.5 Å². The molecule has 9 heteroatoms. The molecule has 1 amide bonds. The van der Waals surface area contributed by atoms with Crippen molar-refractivity contribution < 1.29 is 28.5 Å². The third-order valence-electron chi connectivity index (χ3n) is 4.07. The summed E-state index contributed by atoms with van der Waals surface area (Å²) < 4.78 is 20.9. The van der Waals surface area contributed by atoms with Crippen molar-refractivity contribution in [2.75, 3.05) is 33.3 Å². The lowest BCUT2D eigenvalue weighted by Crippen LogP contribution is -2.07. The van der Waals surface area contributed by atoms with Gasteiger partial charge < -0.3 is 24.3 Å². The van der Waals surface area contributed by atoms with Crippen LogP contribution in [0.4, 0.5) is 5.00 Å². The van der Waals surface area contributed by atoms with E-state index in [1.54, 1.807) is 32.1 Å². The minimum atomic E-state index is -0.523. The summed E-state index contributed by atoms with van der Waals surface area (Å²) in [4.78, 5) is 24.7. The molecule has 30 heavy (non-hydrogen) atoms. The van der Waals surface area contributed by atoms with E-state index in [2.05, 4.69) is 5.32 Å². The molecule has 0 saturated carbocycles. The largest absolute Gasteiger partial charge is 0.493 e. The quantitative estimate of drug-likeness (QED) is 0.502. The van der Waals surface area contributed by atoms with Crippen molar-refractivity contribution in [3.63, 3.8) is 0 Å². The van der Waals surface area contributed by atoms with Crippen LogP contribution in [0, 0.1) is 18.3 Å². The highest BCUT2D eigenvalue weighted by Crippen LogP contribution is 2.38. The van der Waals surface area contributed by atoms with Crippen molar-refractivity contribution in [2.45, 2.75) is 13.8 Å². The van der Waals surface area contributed by atoms with Crippen LogP contribution in [0.5, 0.6) is 17.2 Å². The minimum Gasteiger partial charge on any atom is -0.493 e. The molecule has 158 valence electrons. The number of methoxy groups -OCH3 is 3. The summed E-state index contributed by atoms with van der Waals surface area (Å²) in [7, 11) is 4.51. The van der Waals surface area contributed by atoms with Crippen LogP contribution in [0.15, 0.2) is 18.2 Å². The second-order valence-electron chi connectivity index (χ2n) is 5.87. The first-order chi connectivity index (χ1) is 14.4. The average molecular weight is 430 g/mol. The van der Waals surface area contributed by atoms with E-state index >= 15 is 0 Å². The number of esters is 1. The van der Waals surface area contributed by atoms with Gasteiger partial charge in [-0.3, -0.25) is 4.79 Å². The van der Waals surface area contributed by atoms with Gasteiger partial charge in [-0.15, -0.1) is 11.3 Å². The summed E-state index contributed by atoms with van der Waals surface area (Å²) >= 11 is 1.01. The van der Waals surface area contributed by atoms with Gasteiger partial charge in [0.05, 0.1) is 33.5 Å². The number of carbonyl (C=O) groups excluding carboxylic acids is 2. The van der Waals surface area contributed by atoms with Gasteiger partial charge in [-0.05, 0) is 43.2 Å². The van der Waals surface area contributed by atoms with Crippen molar-refractivity contribution >= 4 is 34.3 Å². The number of nitrogens with one attached hydrogen (secondary N) is 1. The summed E-state index contributed by atoms with van der Waals surface area (Å²) in [5.74, 6) is 0.371. The number of amides is 1. The van der Waals surface area contributed by atoms with Crippen LogP contribution in [-0.4, -0.2) is 39.8 Å². The van der Waals surface area contributed by atoms with Crippen LogP contribution in [0.1, 0.15) is 33.3 Å². The highest BCUT2D eigenvalue weighted by molar-refractivity contribution is 7.18. The predicted molar refractivity (Wildman–Crippen MR) is 113 cm³/mol. The van der Waals surface area contributed by atoms with E-state index in [1.165, 1.54) is 27.4 Å². The number of carbonyl (C=O) groups is 2. The van der Waals surface area contributed by atoms with Gasteiger partial charge in [-0.1, -0.05) is 0 Å². The van der Waals surface area contributed by atoms with Gasteiger partial charge in [-0.2, -0.15) is 5.26 Å². The molecule has 1 N–H and O–H groups in total. The summed E-state index contributed by atoms with van der Waals surface area (Å²) in [6.45, 7) is 3.56. The molecule has 2 aromatic rings. The van der Waals surface area contributed by atoms with Crippen molar-refractivity contribution in [1.29, 1.82) is 5.26 Å². The molecule has 0 atom stereocenters. The van der Waals surface area contributed by atoms with E-state index in [0.29, 0.717) is 28.4 Å². The standard InChI is InChI=1S/C21H22N2O6S/c1-6-29-21(25)19-12(2)14(11-22)20(30-19)23-17(24)8-7-13-9-15(26-3)18(28-5)16(10-13)27-4/h7-10H,6H2,1-5H3,(H,23,24)/b8-7+. The molecule has 0 radical (unpaired) electrons. The maximum atomic E-state index is 12.4. The van der Waals surface area contributed by atoms with E-state index in [1.807, 2.05) is 6.07 Å². The lowest BCUT2D eigenvalue weighted by atomic mass is 10.1. The molecule has 0 aliphatic carbocycles. The Balaban J connectivity index is 2.26. The summed E-state index contributed by atoms with van der Waals surface area (Å²) in [6.07, 6.45) is 2.87. The van der Waals surface area contributed by atoms with Gasteiger partial charge in [0.1, 0.15) is 15.9 Å². The Hall–Kier alpha value is -3.51. The minimum absolute atomic E-state index is 0.220. The topological polar surface area (TPSA) is 107 Å². The molecule has 2 rings (SSSR count). The van der Waals surface area contributed by atoms with Gasteiger partial charge in [-0.25, -0.2) is 4.79 Å². The zero-order valence-corrected chi connectivity index (χ0v) is 18.1. The number of benzene rings is 1. The van der Waals surface area contributed by atoms with Gasteiger partial charge in [0.25, 0.3) is 0 Å². The first-order valence-corrected chi connectivity index (χ1v) is 9.71. The van der Waals surface area contributed by atoms with Crippen LogP contribution in [-0.2, 0) is 9.53 Å². The third-order valence-corrected chi connectivity index (χ3v) is 5.26. The van der Waals surface area contributed by atoms with Crippen molar-refractivity contribution in [2.24, 2.45) is 0 Å². The van der Waals surface area contributed by atoms with E-state index in [4.69, 9.17) is 18.9 Å². The van der Waals surface area contributed by atoms with Gasteiger partial charge in [0.15, 0.2) is 11.5 Å². The fraction of sp³-hybridized carbons (Fsp3) is 0.286. The van der Waals surface area contributed by atoms with Crippen LogP contribution >= 0.6 is 11.3 Å². The predicted octanol–water partition coefficient (Wildman–Crippen LogP) is 3.78. The number of nitrogens with zero attached hydrogens (tertiary/aromatic N) is 1. The van der Waals surface area contributed by atoms with Crippen LogP contribution in [0.25, 0.3) is 6.08 Å². The number of hydrogen-bond donors (Lipinski definition) is 1. The molecule has 8 nitrogen and oxygen atoms in total. The zero-order valence-electron chi connectivity index (χ0n) is 17.3. The van der Waals surface area contributed by atoms with E-state index < -0.39 is 11.9 Å². The Morgan fingerprint density at radius 3 is 2.30 bits per heavy atom. The number of nitriles is 1. The molecular weight excluding hydrogens is 408 g/mol. The molecule has 1 heterocycles. The molecular formula is C21H22N2O6S. The van der Waals surface area contributed by atoms with E-state index in [9.17, 15) is 14.9 Å². The molecule has 0 aliphatic heterocycles. The first kappa shape index (κ1) is 22.8. The molecule has 0 spiro atoms. The third kappa shape index (κ3) is 4.90. The Bertz CT molecular complexity index is 994. The second-order valence-corrected chi connectivity index (χ2v) is 6.89. The maximum Gasteiger partial charge on any atom is 0.348 e. The summed E-state index contributed by atoms with van der Waals surface area (Å²) in [6, 6.07) is 5.41. The first-order valence-electron chi connectivity index (χ1n) is 8.89. The van der Waals surface area contributed by atoms with Gasteiger partial charge in [0, 0.05) is 6.08 Å². The summed E-state index contributed by atoms with van der Waals surface area (Å²) in [5.41, 5.74) is 1.36. The van der Waals surface area contributed by atoms with E-state index in [-0.39, 0.29) is 22.0 Å². The number of thiophene rings is 1. The fourth-order valence-corrected chi connectivity index (χ4v) is 3.70. The molecule has 0 unspecified atom stereocenters. The highest BCUT2D eigenvalue weighted by Gasteiger charge is 2.21. The molecule has 0 saturated heterocycles. The SMILES string of the molecule is CCOC(=O)c1sc(NC(=O)/C=C/c2cc(OC)c(OC)c(OC)c2)c(C#N)c1C. The molecule has 0 fully saturated rings. The Morgan fingerprint density at radius 2 is 1.80 bits per heavy atom. The smallest absolute Gasteiger partial charge is 0.348 e. The number of hydrogen-bond acceptors (Lipinski definition) is 8. The Kier molecular flexibility index (Phi) is 7.83. The molecule has 1 aromatic carbocycles. The Labute approximate surface area is 178 Å². The fourth-order valence-electron chi connectivity index (χ4n) is 2.65. The van der Waals surface area contributed by atoms with E-state index in [0.717, 1.165) is 11.3 Å². The van der Waals surface area contributed by atoms with Crippen molar-refractivity contribution in [3.8, 4) is 23.3 Å². The monoisotopic (exact) mass is 430 g/mol. The lowest BCUT2D eigenvalue weighted by molar-refractivity contribution is -0.111. The molecule has 0 bridgehead atoms. The van der Waals surface area contributed by atoms with Gasteiger partial charge in [0.2, 0.25) is 11.7 Å². The average Bonchev–Trinajstić information content (AvgIpc) is 3.06. The van der Waals surface area contributed by atoms with Crippen molar-refractivity contribution in [1.82, 2.24) is 0 Å². The highest BCUT2D eigenvalue weighted by atomic mass is 32.1. The summed E-state index contributed by atoms with van der Waals surface area (Å²) in [5, 5.41) is 12.3. The zero-order chi connectivity index (χ0) is 22.3. The number of anilines is 1. The number of ether oxygens (including phenoxy) is 4. The lowest BCUT2D eigenvalue weighted by Gasteiger charge is -2.12. The van der Waals surface area contributed by atoms with Crippen LogP contribution in [0.3, 0.4) is 0 Å². The van der Waals surface area contributed by atoms with Crippen molar-refractivity contribution in [3.05, 3.63) is 39.8 Å². The molecule has 1 aromatic heterocycles. The second kappa shape index (κ2) is 10.3. The maximum absolute atomic E-state index is 12.4. The normalized spacial score (nSPS) is 10.4. The number of rotatable bonds is 8. The van der Waals surface area contributed by atoms with Crippen LogP contribution in [0.2, 0.25) is 0 Å². The Morgan fingerprint density at radius 1 is 1.17 bits per heavy atom.